The fraction of sp³-hybridized carbons (Fsp3) is 0.185. The predicted molar refractivity (Wildman–Crippen MR) is 137 cm³/mol. The second-order valence-corrected chi connectivity index (χ2v) is 9.88. The summed E-state index contributed by atoms with van der Waals surface area (Å²) in [6.07, 6.45) is 0.540. The summed E-state index contributed by atoms with van der Waals surface area (Å²) in [7, 11) is -4.04. The van der Waals surface area contributed by atoms with Crippen LogP contribution >= 0.6 is 0 Å². The largest absolute Gasteiger partial charge is 1.00 e. The zero-order chi connectivity index (χ0) is 25.0. The Morgan fingerprint density at radius 2 is 1.56 bits per heavy atom. The number of sulfonamides is 1. The molecule has 180 valence electrons. The first kappa shape index (κ1) is 27.7. The van der Waals surface area contributed by atoms with Gasteiger partial charge in [-0.05, 0) is 68.6 Å². The summed E-state index contributed by atoms with van der Waals surface area (Å²) in [4.78, 5) is 12.1. The van der Waals surface area contributed by atoms with Gasteiger partial charge in [0.1, 0.15) is 0 Å². The van der Waals surface area contributed by atoms with Crippen molar-refractivity contribution < 1.29 is 42.8 Å². The molecule has 36 heavy (non-hydrogen) atoms. The van der Waals surface area contributed by atoms with Crippen molar-refractivity contribution in [1.82, 2.24) is 15.1 Å². The topological polar surface area (TPSA) is 95.2 Å². The fourth-order valence-corrected chi connectivity index (χ4v) is 5.18. The molecule has 0 spiro atoms. The number of nitrogens with one attached hydrogen (secondary N) is 1. The first-order chi connectivity index (χ1) is 16.8. The van der Waals surface area contributed by atoms with Crippen molar-refractivity contribution in [2.75, 3.05) is 6.54 Å². The van der Waals surface area contributed by atoms with E-state index in [4.69, 9.17) is 5.10 Å². The Labute approximate surface area is 234 Å². The summed E-state index contributed by atoms with van der Waals surface area (Å²) in [5.74, 6) is 0. The van der Waals surface area contributed by atoms with Crippen LogP contribution in [0.15, 0.2) is 83.8 Å². The van der Waals surface area contributed by atoms with E-state index in [-0.39, 0.29) is 41.0 Å². The molecule has 3 aromatic carbocycles. The molecule has 1 N–H and O–H groups in total. The zero-order valence-electron chi connectivity index (χ0n) is 20.9. The van der Waals surface area contributed by atoms with Crippen LogP contribution in [0, 0.1) is 20.8 Å². The maximum Gasteiger partial charge on any atom is 1.00 e. The number of carbonyl (C=O) groups is 1. The summed E-state index contributed by atoms with van der Waals surface area (Å²) < 4.78 is 30.1. The van der Waals surface area contributed by atoms with Gasteiger partial charge in [0.15, 0.2) is 6.03 Å². The van der Waals surface area contributed by atoms with Crippen molar-refractivity contribution in [3.05, 3.63) is 106 Å². The summed E-state index contributed by atoms with van der Waals surface area (Å²) in [6.45, 7) is 6.00. The van der Waals surface area contributed by atoms with Crippen molar-refractivity contribution in [2.24, 2.45) is 0 Å². The molecule has 2 amide bonds. The van der Waals surface area contributed by atoms with E-state index in [1.54, 1.807) is 25.1 Å². The van der Waals surface area contributed by atoms with E-state index in [1.165, 1.54) is 6.07 Å². The molecule has 0 aliphatic heterocycles. The van der Waals surface area contributed by atoms with Crippen molar-refractivity contribution in [1.29, 1.82) is 0 Å². The first-order valence-electron chi connectivity index (χ1n) is 11.3. The van der Waals surface area contributed by atoms with Gasteiger partial charge in [0.2, 0.25) is 10.0 Å². The Morgan fingerprint density at radius 3 is 2.22 bits per heavy atom. The number of nitrogens with zero attached hydrogens (tertiary/aromatic N) is 3. The van der Waals surface area contributed by atoms with E-state index in [0.29, 0.717) is 12.0 Å². The minimum Gasteiger partial charge on any atom is -0.448 e. The van der Waals surface area contributed by atoms with Crippen LogP contribution in [-0.2, 0) is 16.4 Å². The molecule has 0 saturated heterocycles. The third-order valence-electron chi connectivity index (χ3n) is 5.80. The first-order valence-corrected chi connectivity index (χ1v) is 12.7. The molecule has 0 bridgehead atoms. The monoisotopic (exact) mass is 510 g/mol. The van der Waals surface area contributed by atoms with E-state index >= 15 is 0 Å². The molecule has 0 atom stereocenters. The summed E-state index contributed by atoms with van der Waals surface area (Å²) in [5.41, 5.74) is 6.77. The van der Waals surface area contributed by atoms with Crippen LogP contribution in [0.1, 0.15) is 22.5 Å². The molecule has 9 heteroatoms. The Hall–Kier alpha value is -2.91. The van der Waals surface area contributed by atoms with Gasteiger partial charge in [-0.1, -0.05) is 60.7 Å². The van der Waals surface area contributed by atoms with Crippen molar-refractivity contribution in [2.45, 2.75) is 32.1 Å². The predicted octanol–water partition coefficient (Wildman–Crippen LogP) is 2.48. The molecule has 0 unspecified atom stereocenters. The van der Waals surface area contributed by atoms with Gasteiger partial charge in [0.05, 0.1) is 16.3 Å². The minimum absolute atomic E-state index is 0. The average Bonchev–Trinajstić information content (AvgIpc) is 3.13. The van der Waals surface area contributed by atoms with Crippen LogP contribution < -0.4 is 34.9 Å². The molecule has 0 saturated carbocycles. The number of amides is 2. The van der Waals surface area contributed by atoms with Gasteiger partial charge in [-0.25, -0.2) is 13.1 Å². The zero-order valence-corrected chi connectivity index (χ0v) is 23.7. The third-order valence-corrected chi connectivity index (χ3v) is 7.22. The summed E-state index contributed by atoms with van der Waals surface area (Å²) in [5, 5.41) is 7.29. The Morgan fingerprint density at radius 1 is 0.917 bits per heavy atom. The van der Waals surface area contributed by atoms with Gasteiger partial charge in [0.25, 0.3) is 0 Å². The number of rotatable bonds is 7. The third kappa shape index (κ3) is 6.25. The molecule has 0 aliphatic carbocycles. The van der Waals surface area contributed by atoms with Crippen LogP contribution in [0.3, 0.4) is 0 Å². The maximum absolute atomic E-state index is 12.4. The van der Waals surface area contributed by atoms with E-state index in [0.717, 1.165) is 33.8 Å². The molecule has 0 fully saturated rings. The van der Waals surface area contributed by atoms with E-state index in [2.05, 4.69) is 29.1 Å². The number of aromatic nitrogens is 2. The van der Waals surface area contributed by atoms with Crippen molar-refractivity contribution in [3.63, 3.8) is 0 Å². The average molecular weight is 511 g/mol. The Bertz CT molecular complexity index is 1450. The standard InChI is InChI=1S/C27H28N4O3S.Na/c1-19-9-7-8-12-25(19)35(33,34)30-27(32)28-18-17-22-13-15-24(16-14-22)31-21(3)26(20(2)29-31)23-10-5-4-6-11-23;/h4-16H,17-18H2,1-3H3,(H2,28,30,32);/q;+1/p-1. The molecule has 0 radical (unpaired) electrons. The SMILES string of the molecule is Cc1ccccc1S(=O)(=O)[N-]C(=O)NCCc1ccc(-n2nc(C)c(-c3ccccc3)c2C)cc1.[Na+]. The number of benzene rings is 3. The van der Waals surface area contributed by atoms with E-state index < -0.39 is 16.1 Å². The fourth-order valence-electron chi connectivity index (χ4n) is 4.07. The van der Waals surface area contributed by atoms with Crippen LogP contribution in [0.4, 0.5) is 4.79 Å². The second kappa shape index (κ2) is 11.9. The Kier molecular flexibility index (Phi) is 9.13. The minimum atomic E-state index is -4.04. The van der Waals surface area contributed by atoms with Gasteiger partial charge in [0, 0.05) is 11.3 Å². The normalized spacial score (nSPS) is 11.0. The number of hydrogen-bond donors (Lipinski definition) is 1. The van der Waals surface area contributed by atoms with Gasteiger partial charge < -0.3 is 10.0 Å². The molecule has 0 aliphatic rings. The van der Waals surface area contributed by atoms with Crippen molar-refractivity contribution >= 4 is 16.1 Å². The van der Waals surface area contributed by atoms with Gasteiger partial charge in [-0.2, -0.15) is 5.10 Å². The molecular weight excluding hydrogens is 483 g/mol. The molecular formula is C27H27N4NaO3S. The van der Waals surface area contributed by atoms with Crippen LogP contribution in [0.2, 0.25) is 0 Å². The van der Waals surface area contributed by atoms with Gasteiger partial charge >= 0.3 is 29.6 Å². The molecule has 7 nitrogen and oxygen atoms in total. The molecule has 1 heterocycles. The molecule has 4 aromatic rings. The maximum atomic E-state index is 12.4. The van der Waals surface area contributed by atoms with E-state index in [9.17, 15) is 13.2 Å². The van der Waals surface area contributed by atoms with Crippen LogP contribution in [-0.4, -0.2) is 30.8 Å². The van der Waals surface area contributed by atoms with E-state index in [1.807, 2.05) is 54.1 Å². The van der Waals surface area contributed by atoms with Crippen LogP contribution in [0.25, 0.3) is 21.5 Å². The number of hydrogen-bond acceptors (Lipinski definition) is 4. The van der Waals surface area contributed by atoms with Crippen LogP contribution in [0.5, 0.6) is 0 Å². The van der Waals surface area contributed by atoms with Gasteiger partial charge in [-0.3, -0.25) is 4.79 Å². The smallest absolute Gasteiger partial charge is 0.448 e. The summed E-state index contributed by atoms with van der Waals surface area (Å²) in [6, 6.07) is 23.7. The molecule has 4 rings (SSSR count). The molecule has 1 aromatic heterocycles. The quantitative estimate of drug-likeness (QED) is 0.387. The van der Waals surface area contributed by atoms with Gasteiger partial charge in [-0.15, -0.1) is 0 Å². The van der Waals surface area contributed by atoms with Crippen molar-refractivity contribution in [3.8, 4) is 16.8 Å². The number of urea groups is 1. The number of carbonyl (C=O) groups excluding carboxylic acids is 1. The summed E-state index contributed by atoms with van der Waals surface area (Å²) >= 11 is 0. The second-order valence-electron chi connectivity index (χ2n) is 8.30. The Balaban J connectivity index is 0.00000361. The number of aryl methyl sites for hydroxylation is 2.